The Morgan fingerprint density at radius 2 is 1.65 bits per heavy atom. The molecule has 6 rings (SSSR count). The molecule has 2 aliphatic heterocycles. The lowest BCUT2D eigenvalue weighted by molar-refractivity contribution is -0.143. The van der Waals surface area contributed by atoms with Crippen molar-refractivity contribution in [2.24, 2.45) is 5.92 Å². The number of nitrogens with zero attached hydrogens (tertiary/aromatic N) is 3. The Balaban J connectivity index is 1.37. The topological polar surface area (TPSA) is 92.2 Å². The van der Waals surface area contributed by atoms with Crippen LogP contribution in [0.15, 0.2) is 48.5 Å². The molecule has 1 aliphatic carbocycles. The van der Waals surface area contributed by atoms with E-state index in [4.69, 9.17) is 14.5 Å². The molecule has 48 heavy (non-hydrogen) atoms. The number of amides is 1. The van der Waals surface area contributed by atoms with Gasteiger partial charge in [0.2, 0.25) is 0 Å². The number of aromatic nitrogens is 1. The van der Waals surface area contributed by atoms with E-state index in [9.17, 15) is 41.0 Å². The van der Waals surface area contributed by atoms with Gasteiger partial charge in [0.15, 0.2) is 0 Å². The first kappa shape index (κ1) is 33.4. The van der Waals surface area contributed by atoms with Gasteiger partial charge in [-0.15, -0.1) is 0 Å². The van der Waals surface area contributed by atoms with Crippen LogP contribution >= 0.6 is 0 Å². The zero-order chi connectivity index (χ0) is 34.5. The summed E-state index contributed by atoms with van der Waals surface area (Å²) >= 11 is 0. The fourth-order valence-corrected chi connectivity index (χ4v) is 6.74. The van der Waals surface area contributed by atoms with E-state index in [1.54, 1.807) is 6.07 Å². The van der Waals surface area contributed by atoms with Gasteiger partial charge in [-0.3, -0.25) is 9.69 Å². The molecule has 3 aromatic rings. The molecule has 14 heteroatoms. The molecule has 1 saturated carbocycles. The molecule has 0 radical (unpaired) electrons. The lowest BCUT2D eigenvalue weighted by atomic mass is 9.91. The first-order valence-corrected chi connectivity index (χ1v) is 15.6. The molecular weight excluding hydrogens is 644 g/mol. The van der Waals surface area contributed by atoms with Crippen molar-refractivity contribution in [1.29, 1.82) is 0 Å². The molecule has 3 aliphatic rings. The molecule has 1 unspecified atom stereocenters. The molecule has 3 fully saturated rings. The zero-order valence-electron chi connectivity index (χ0n) is 26.1. The number of anilines is 1. The monoisotopic (exact) mass is 677 g/mol. The average molecular weight is 678 g/mol. The summed E-state index contributed by atoms with van der Waals surface area (Å²) in [6, 6.07) is 9.54. The summed E-state index contributed by atoms with van der Waals surface area (Å²) in [6.07, 6.45) is -9.71. The van der Waals surface area contributed by atoms with E-state index in [0.717, 1.165) is 25.1 Å². The van der Waals surface area contributed by atoms with Crippen molar-refractivity contribution in [3.63, 3.8) is 0 Å². The van der Waals surface area contributed by atoms with Gasteiger partial charge in [0.1, 0.15) is 17.7 Å². The molecular formula is C34H33F6N3O5. The maximum absolute atomic E-state index is 13.6. The first-order chi connectivity index (χ1) is 22.6. The van der Waals surface area contributed by atoms with E-state index in [1.165, 1.54) is 18.9 Å². The fourth-order valence-electron chi connectivity index (χ4n) is 6.74. The summed E-state index contributed by atoms with van der Waals surface area (Å²) in [5, 5.41) is 9.52. The molecule has 4 atom stereocenters. The van der Waals surface area contributed by atoms with Crippen LogP contribution < -0.4 is 9.64 Å². The summed E-state index contributed by atoms with van der Waals surface area (Å²) in [6.45, 7) is 2.90. The van der Waals surface area contributed by atoms with Crippen LogP contribution in [0.5, 0.6) is 5.75 Å². The Morgan fingerprint density at radius 1 is 0.958 bits per heavy atom. The zero-order valence-corrected chi connectivity index (χ0v) is 26.1. The number of halogens is 6. The van der Waals surface area contributed by atoms with Gasteiger partial charge in [-0.1, -0.05) is 6.07 Å². The van der Waals surface area contributed by atoms with Gasteiger partial charge in [0, 0.05) is 24.2 Å². The predicted octanol–water partition coefficient (Wildman–Crippen LogP) is 8.06. The number of benzene rings is 2. The molecule has 1 amide bonds. The lowest BCUT2D eigenvalue weighted by Gasteiger charge is -2.33. The Bertz CT molecular complexity index is 1690. The molecule has 8 nitrogen and oxygen atoms in total. The van der Waals surface area contributed by atoms with Crippen LogP contribution in [-0.2, 0) is 28.4 Å². The second-order valence-electron chi connectivity index (χ2n) is 12.5. The maximum Gasteiger partial charge on any atom is 0.416 e. The fraction of sp³-hybridized carbons (Fsp3) is 0.441. The number of carboxylic acid groups (broad SMARTS) is 1. The molecule has 0 bridgehead atoms. The van der Waals surface area contributed by atoms with Gasteiger partial charge >= 0.3 is 24.4 Å². The van der Waals surface area contributed by atoms with Gasteiger partial charge in [0.25, 0.3) is 0 Å². The molecule has 1 N–H and O–H groups in total. The molecule has 2 aromatic carbocycles. The summed E-state index contributed by atoms with van der Waals surface area (Å²) in [5.41, 5.74) is -0.814. The highest BCUT2D eigenvalue weighted by Gasteiger charge is 2.44. The second-order valence-corrected chi connectivity index (χ2v) is 12.5. The number of ether oxygens (including phenoxy) is 2. The van der Waals surface area contributed by atoms with E-state index in [-0.39, 0.29) is 18.5 Å². The normalized spacial score (nSPS) is 22.9. The number of carboxylic acids is 1. The summed E-state index contributed by atoms with van der Waals surface area (Å²) < 4.78 is 92.8. The SMILES string of the molecule is COc1ccc([C@@H]2CC[C@@H](C(=O)O)C2)cc1-c1ccc(N2CCC2)nc1CN1C(=O)O[C@H](c2cc(C(F)(F)F)cc(C(F)(F)F)c2)C1C. The summed E-state index contributed by atoms with van der Waals surface area (Å²) in [7, 11) is 1.50. The third kappa shape index (κ3) is 6.48. The molecule has 0 spiro atoms. The number of cyclic esters (lactones) is 1. The number of hydrogen-bond acceptors (Lipinski definition) is 6. The van der Waals surface area contributed by atoms with Gasteiger partial charge in [0.05, 0.1) is 42.4 Å². The van der Waals surface area contributed by atoms with Gasteiger partial charge in [-0.2, -0.15) is 26.3 Å². The van der Waals surface area contributed by atoms with Crippen LogP contribution in [0.2, 0.25) is 0 Å². The highest BCUT2D eigenvalue weighted by molar-refractivity contribution is 5.76. The van der Waals surface area contributed by atoms with E-state index in [0.29, 0.717) is 59.8 Å². The molecule has 3 heterocycles. The quantitative estimate of drug-likeness (QED) is 0.241. The minimum absolute atomic E-state index is 0.0101. The van der Waals surface area contributed by atoms with Crippen LogP contribution in [0.1, 0.15) is 72.6 Å². The van der Waals surface area contributed by atoms with Crippen LogP contribution in [-0.4, -0.2) is 53.3 Å². The third-order valence-corrected chi connectivity index (χ3v) is 9.56. The van der Waals surface area contributed by atoms with E-state index >= 15 is 0 Å². The standard InChI is InChI=1S/C34H33F6N3O5/c1-18-30(22-13-23(33(35,36)37)16-24(14-22)34(38,39)40)48-32(46)43(18)17-27-25(7-9-29(41-27)42-10-3-11-42)26-15-20(6-8-28(26)47-2)19-4-5-21(12-19)31(44)45/h6-9,13-16,18-19,21,30H,3-5,10-12,17H2,1-2H3,(H,44,45)/t18?,19-,21-,30+/m1/s1. The van der Waals surface area contributed by atoms with Gasteiger partial charge in [-0.05, 0) is 92.1 Å². The number of methoxy groups -OCH3 is 1. The van der Waals surface area contributed by atoms with Crippen molar-refractivity contribution >= 4 is 17.9 Å². The van der Waals surface area contributed by atoms with Crippen molar-refractivity contribution in [2.45, 2.75) is 69.6 Å². The predicted molar refractivity (Wildman–Crippen MR) is 161 cm³/mol. The number of hydrogen-bond donors (Lipinski definition) is 1. The molecule has 1 aromatic heterocycles. The highest BCUT2D eigenvalue weighted by Crippen LogP contribution is 2.44. The van der Waals surface area contributed by atoms with E-state index in [2.05, 4.69) is 0 Å². The Morgan fingerprint density at radius 3 is 2.21 bits per heavy atom. The summed E-state index contributed by atoms with van der Waals surface area (Å²) in [4.78, 5) is 33.0. The Labute approximate surface area is 272 Å². The number of rotatable bonds is 8. The Hall–Kier alpha value is -4.49. The van der Waals surface area contributed by atoms with Crippen molar-refractivity contribution in [1.82, 2.24) is 9.88 Å². The smallest absolute Gasteiger partial charge is 0.416 e. The summed E-state index contributed by atoms with van der Waals surface area (Å²) in [5.74, 6) is -0.0994. The van der Waals surface area contributed by atoms with Crippen LogP contribution in [0.25, 0.3) is 11.1 Å². The van der Waals surface area contributed by atoms with E-state index < -0.39 is 59.2 Å². The molecule has 2 saturated heterocycles. The van der Waals surface area contributed by atoms with Gasteiger partial charge < -0.3 is 19.5 Å². The van der Waals surface area contributed by atoms with Crippen LogP contribution in [0.3, 0.4) is 0 Å². The second kappa shape index (κ2) is 12.5. The number of pyridine rings is 1. The van der Waals surface area contributed by atoms with Crippen LogP contribution in [0.4, 0.5) is 37.0 Å². The maximum atomic E-state index is 13.6. The third-order valence-electron chi connectivity index (χ3n) is 9.56. The number of carbonyl (C=O) groups excluding carboxylic acids is 1. The van der Waals surface area contributed by atoms with Crippen molar-refractivity contribution in [2.75, 3.05) is 25.1 Å². The van der Waals surface area contributed by atoms with Crippen molar-refractivity contribution < 1.29 is 50.5 Å². The van der Waals surface area contributed by atoms with Crippen molar-refractivity contribution in [3.8, 4) is 16.9 Å². The minimum atomic E-state index is -5.06. The lowest BCUT2D eigenvalue weighted by Crippen LogP contribution is -2.38. The number of carbonyl (C=O) groups is 2. The first-order valence-electron chi connectivity index (χ1n) is 15.6. The van der Waals surface area contributed by atoms with Gasteiger partial charge in [-0.25, -0.2) is 9.78 Å². The van der Waals surface area contributed by atoms with E-state index in [1.807, 2.05) is 29.2 Å². The van der Waals surface area contributed by atoms with Crippen LogP contribution in [0, 0.1) is 5.92 Å². The number of alkyl halides is 6. The van der Waals surface area contributed by atoms with Crippen molar-refractivity contribution in [3.05, 3.63) is 76.5 Å². The average Bonchev–Trinajstić information content (AvgIpc) is 3.61. The largest absolute Gasteiger partial charge is 0.496 e. The minimum Gasteiger partial charge on any atom is -0.496 e. The Kier molecular flexibility index (Phi) is 8.71. The molecule has 256 valence electrons. The number of aliphatic carboxylic acids is 1. The highest BCUT2D eigenvalue weighted by atomic mass is 19.4.